The van der Waals surface area contributed by atoms with E-state index in [0.29, 0.717) is 19.6 Å². The number of carbonyl (C=O) groups is 3. The Hall–Kier alpha value is -3.05. The van der Waals surface area contributed by atoms with Gasteiger partial charge in [0.1, 0.15) is 18.4 Å². The Labute approximate surface area is 242 Å². The van der Waals surface area contributed by atoms with E-state index in [-0.39, 0.29) is 43.6 Å². The molecule has 5 N–H and O–H groups in total. The number of rotatable bonds is 13. The molecule has 1 aliphatic carbocycles. The van der Waals surface area contributed by atoms with E-state index in [1.165, 1.54) is 0 Å². The molecule has 4 rings (SSSR count). The number of nitrogens with two attached hydrogens (primary N) is 1. The number of aliphatic hydroxyl groups is 1. The van der Waals surface area contributed by atoms with Gasteiger partial charge < -0.3 is 25.8 Å². The van der Waals surface area contributed by atoms with Crippen molar-refractivity contribution in [3.8, 4) is 0 Å². The average molecular weight is 568 g/mol. The Bertz CT molecular complexity index is 1160. The Morgan fingerprint density at radius 1 is 1.07 bits per heavy atom. The number of ether oxygens (including phenoxy) is 1. The number of carbonyl (C=O) groups excluding carboxylic acids is 3. The lowest BCUT2D eigenvalue weighted by molar-refractivity contribution is -0.154. The number of benzene rings is 2. The van der Waals surface area contributed by atoms with Gasteiger partial charge in [-0.25, -0.2) is 4.79 Å². The fourth-order valence-corrected chi connectivity index (χ4v) is 5.98. The maximum Gasteiger partial charge on any atom is 0.330 e. The fourth-order valence-electron chi connectivity index (χ4n) is 5.98. The van der Waals surface area contributed by atoms with E-state index in [0.717, 1.165) is 61.3 Å². The highest BCUT2D eigenvalue weighted by Crippen LogP contribution is 2.23. The minimum Gasteiger partial charge on any atom is -0.461 e. The van der Waals surface area contributed by atoms with Crippen LogP contribution in [0.4, 0.5) is 0 Å². The third-order valence-corrected chi connectivity index (χ3v) is 8.05. The molecule has 1 saturated carbocycles. The molecular weight excluding hydrogens is 522 g/mol. The zero-order valence-corrected chi connectivity index (χ0v) is 24.1. The third kappa shape index (κ3) is 8.97. The number of esters is 1. The van der Waals surface area contributed by atoms with Crippen LogP contribution in [0, 0.1) is 0 Å². The lowest BCUT2D eigenvalue weighted by Gasteiger charge is -2.31. The first-order valence-corrected chi connectivity index (χ1v) is 14.9. The first-order chi connectivity index (χ1) is 19.8. The molecule has 0 bridgehead atoms. The Morgan fingerprint density at radius 3 is 2.59 bits per heavy atom. The van der Waals surface area contributed by atoms with Gasteiger partial charge in [0.15, 0.2) is 0 Å². The van der Waals surface area contributed by atoms with Crippen molar-refractivity contribution >= 4 is 28.6 Å². The highest BCUT2D eigenvalue weighted by atomic mass is 16.5. The summed E-state index contributed by atoms with van der Waals surface area (Å²) in [6.45, 7) is 3.28. The van der Waals surface area contributed by atoms with Crippen LogP contribution in [0.2, 0.25) is 0 Å². The van der Waals surface area contributed by atoms with Crippen molar-refractivity contribution in [1.29, 1.82) is 0 Å². The van der Waals surface area contributed by atoms with Gasteiger partial charge in [0.05, 0.1) is 13.1 Å². The summed E-state index contributed by atoms with van der Waals surface area (Å²) in [5.74, 6) is -0.899. The van der Waals surface area contributed by atoms with Gasteiger partial charge in [-0.2, -0.15) is 0 Å². The first kappa shape index (κ1) is 30.9. The number of amides is 2. The molecule has 2 aromatic carbocycles. The standard InChI is InChI=1S/C31H45N5O5/c1-22(37)33-18-28(31(40)41-26-13-3-2-4-14-26)34-29(38)21-35(20-25-12-8-16-36(25)30(39)17-32)19-24-11-7-10-23-9-5-6-15-27(23)24/h5-7,9-11,15,22,25-26,28,33,37H,2-4,8,12-14,16-21,32H2,1H3,(H,34,38)/t22?,25-,28-/m0/s1. The molecule has 1 heterocycles. The van der Waals surface area contributed by atoms with E-state index in [2.05, 4.69) is 34.9 Å². The second-order valence-corrected chi connectivity index (χ2v) is 11.3. The van der Waals surface area contributed by atoms with Crippen LogP contribution in [0.5, 0.6) is 0 Å². The van der Waals surface area contributed by atoms with Crippen LogP contribution in [0.3, 0.4) is 0 Å². The van der Waals surface area contributed by atoms with Gasteiger partial charge in [0.25, 0.3) is 0 Å². The Balaban J connectivity index is 1.49. The Morgan fingerprint density at radius 2 is 1.83 bits per heavy atom. The maximum absolute atomic E-state index is 13.5. The highest BCUT2D eigenvalue weighted by molar-refractivity contribution is 5.87. The molecule has 0 aromatic heterocycles. The topological polar surface area (TPSA) is 137 Å². The minimum absolute atomic E-state index is 0.0340. The maximum atomic E-state index is 13.5. The molecule has 2 aromatic rings. The predicted octanol–water partition coefficient (Wildman–Crippen LogP) is 1.88. The molecule has 2 fully saturated rings. The van der Waals surface area contributed by atoms with Crippen molar-refractivity contribution in [2.75, 3.05) is 32.7 Å². The van der Waals surface area contributed by atoms with Gasteiger partial charge in [-0.3, -0.25) is 19.8 Å². The van der Waals surface area contributed by atoms with Gasteiger partial charge in [0.2, 0.25) is 11.8 Å². The number of likely N-dealkylation sites (tertiary alicyclic amines) is 1. The summed E-state index contributed by atoms with van der Waals surface area (Å²) < 4.78 is 5.75. The van der Waals surface area contributed by atoms with Gasteiger partial charge >= 0.3 is 5.97 Å². The second-order valence-electron chi connectivity index (χ2n) is 11.3. The fraction of sp³-hybridized carbons (Fsp3) is 0.581. The molecule has 2 aliphatic rings. The molecular formula is C31H45N5O5. The predicted molar refractivity (Wildman–Crippen MR) is 158 cm³/mol. The zero-order chi connectivity index (χ0) is 29.2. The minimum atomic E-state index is -0.930. The quantitative estimate of drug-likeness (QED) is 0.213. The molecule has 1 saturated heterocycles. The van der Waals surface area contributed by atoms with Gasteiger partial charge in [-0.15, -0.1) is 0 Å². The van der Waals surface area contributed by atoms with E-state index in [1.807, 2.05) is 28.0 Å². The third-order valence-electron chi connectivity index (χ3n) is 8.05. The SMILES string of the molecule is CC(O)NC[C@H](NC(=O)CN(Cc1cccc2ccccc12)C[C@@H]1CCCN1C(=O)CN)C(=O)OC1CCCCC1. The van der Waals surface area contributed by atoms with Crippen LogP contribution < -0.4 is 16.4 Å². The number of fused-ring (bicyclic) bond motifs is 1. The summed E-state index contributed by atoms with van der Waals surface area (Å²) in [5.41, 5.74) is 6.75. The van der Waals surface area contributed by atoms with E-state index >= 15 is 0 Å². The molecule has 3 atom stereocenters. The van der Waals surface area contributed by atoms with Crippen molar-refractivity contribution in [3.63, 3.8) is 0 Å². The molecule has 224 valence electrons. The molecule has 10 nitrogen and oxygen atoms in total. The van der Waals surface area contributed by atoms with Crippen LogP contribution in [-0.4, -0.2) is 89.8 Å². The van der Waals surface area contributed by atoms with Gasteiger partial charge in [-0.05, 0) is 61.8 Å². The van der Waals surface area contributed by atoms with Gasteiger partial charge in [0, 0.05) is 32.2 Å². The lowest BCUT2D eigenvalue weighted by Crippen LogP contribution is -2.53. The molecule has 0 radical (unpaired) electrons. The number of aliphatic hydroxyl groups excluding tert-OH is 1. The number of nitrogens with one attached hydrogen (secondary N) is 2. The van der Waals surface area contributed by atoms with Crippen molar-refractivity contribution in [2.45, 2.75) is 82.8 Å². The largest absolute Gasteiger partial charge is 0.461 e. The molecule has 10 heteroatoms. The summed E-state index contributed by atoms with van der Waals surface area (Å²) in [7, 11) is 0. The van der Waals surface area contributed by atoms with Crippen molar-refractivity contribution < 1.29 is 24.2 Å². The van der Waals surface area contributed by atoms with Crippen molar-refractivity contribution in [3.05, 3.63) is 48.0 Å². The lowest BCUT2D eigenvalue weighted by atomic mass is 9.98. The smallest absolute Gasteiger partial charge is 0.330 e. The van der Waals surface area contributed by atoms with Crippen molar-refractivity contribution in [1.82, 2.24) is 20.4 Å². The second kappa shape index (κ2) is 15.3. The van der Waals surface area contributed by atoms with E-state index < -0.39 is 18.2 Å². The number of hydrogen-bond donors (Lipinski definition) is 4. The molecule has 2 amide bonds. The first-order valence-electron chi connectivity index (χ1n) is 14.9. The van der Waals surface area contributed by atoms with E-state index in [9.17, 15) is 19.5 Å². The van der Waals surface area contributed by atoms with Crippen LogP contribution in [0.15, 0.2) is 42.5 Å². The monoisotopic (exact) mass is 567 g/mol. The van der Waals surface area contributed by atoms with Crippen molar-refractivity contribution in [2.24, 2.45) is 5.73 Å². The average Bonchev–Trinajstić information content (AvgIpc) is 3.43. The summed E-state index contributed by atoms with van der Waals surface area (Å²) in [5, 5.41) is 17.7. The van der Waals surface area contributed by atoms with E-state index in [1.54, 1.807) is 6.92 Å². The van der Waals surface area contributed by atoms with Crippen LogP contribution >= 0.6 is 0 Å². The zero-order valence-electron chi connectivity index (χ0n) is 24.1. The summed E-state index contributed by atoms with van der Waals surface area (Å²) in [6.07, 6.45) is 5.59. The molecule has 1 aliphatic heterocycles. The van der Waals surface area contributed by atoms with Crippen LogP contribution in [0.1, 0.15) is 57.4 Å². The van der Waals surface area contributed by atoms with Crippen LogP contribution in [-0.2, 0) is 25.7 Å². The van der Waals surface area contributed by atoms with Crippen LogP contribution in [0.25, 0.3) is 10.8 Å². The summed E-state index contributed by atoms with van der Waals surface area (Å²) in [4.78, 5) is 42.9. The number of hydrogen-bond acceptors (Lipinski definition) is 8. The number of nitrogens with zero attached hydrogens (tertiary/aromatic N) is 2. The highest BCUT2D eigenvalue weighted by Gasteiger charge is 2.31. The van der Waals surface area contributed by atoms with E-state index in [4.69, 9.17) is 10.5 Å². The Kier molecular flexibility index (Phi) is 11.5. The van der Waals surface area contributed by atoms with Gasteiger partial charge in [-0.1, -0.05) is 48.9 Å². The summed E-state index contributed by atoms with van der Waals surface area (Å²) in [6, 6.07) is 13.3. The molecule has 41 heavy (non-hydrogen) atoms. The molecule has 0 spiro atoms. The molecule has 1 unspecified atom stereocenters. The summed E-state index contributed by atoms with van der Waals surface area (Å²) >= 11 is 0. The normalized spacial score (nSPS) is 19.3.